The van der Waals surface area contributed by atoms with Crippen LogP contribution in [0.4, 0.5) is 5.82 Å². The van der Waals surface area contributed by atoms with Gasteiger partial charge in [0.05, 0.1) is 5.69 Å². The molecule has 0 atom stereocenters. The summed E-state index contributed by atoms with van der Waals surface area (Å²) in [4.78, 5) is 4.96. The molecule has 2 nitrogen and oxygen atoms in total. The normalized spacial score (nSPS) is 11.8. The number of nitrogens with zero attached hydrogens (tertiary/aromatic N) is 1. The molecular weight excluding hydrogens is 436 g/mol. The lowest BCUT2D eigenvalue weighted by atomic mass is 9.91. The molecule has 2 aromatic carbocycles. The zero-order valence-electron chi connectivity index (χ0n) is 21.7. The van der Waals surface area contributed by atoms with Gasteiger partial charge in [-0.1, -0.05) is 108 Å². The summed E-state index contributed by atoms with van der Waals surface area (Å²) in [6.07, 6.45) is 8.44. The quantitative estimate of drug-likeness (QED) is 0.396. The van der Waals surface area contributed by atoms with Gasteiger partial charge in [-0.2, -0.15) is 0 Å². The predicted molar refractivity (Wildman–Crippen MR) is 152 cm³/mol. The van der Waals surface area contributed by atoms with Gasteiger partial charge in [-0.15, -0.1) is 0 Å². The highest BCUT2D eigenvalue weighted by molar-refractivity contribution is 6.33. The van der Waals surface area contributed by atoms with Gasteiger partial charge in [0.2, 0.25) is 0 Å². The molecule has 0 amide bonds. The molecule has 1 aliphatic carbocycles. The van der Waals surface area contributed by atoms with Crippen molar-refractivity contribution < 1.29 is 0 Å². The van der Waals surface area contributed by atoms with Gasteiger partial charge in [-0.3, -0.25) is 0 Å². The third kappa shape index (κ3) is 7.74. The minimum absolute atomic E-state index is 0.726. The van der Waals surface area contributed by atoms with Crippen molar-refractivity contribution in [3.63, 3.8) is 0 Å². The van der Waals surface area contributed by atoms with E-state index in [0.29, 0.717) is 0 Å². The van der Waals surface area contributed by atoms with Crippen LogP contribution >= 0.6 is 11.6 Å². The molecule has 0 aliphatic heterocycles. The Labute approximate surface area is 212 Å². The van der Waals surface area contributed by atoms with E-state index >= 15 is 0 Å². The van der Waals surface area contributed by atoms with E-state index in [2.05, 4.69) is 64.7 Å². The number of unbranched alkanes of at least 4 members (excludes halogenated alkanes) is 1. The molecule has 1 heterocycles. The third-order valence-corrected chi connectivity index (χ3v) is 6.06. The Balaban J connectivity index is 0.000000519. The molecule has 34 heavy (non-hydrogen) atoms. The number of hydrogen-bond donors (Lipinski definition) is 1. The van der Waals surface area contributed by atoms with E-state index < -0.39 is 0 Å². The number of benzene rings is 2. The van der Waals surface area contributed by atoms with Crippen molar-refractivity contribution in [3.8, 4) is 11.3 Å². The molecule has 3 heteroatoms. The van der Waals surface area contributed by atoms with Crippen molar-refractivity contribution in [2.75, 3.05) is 5.32 Å². The maximum Gasteiger partial charge on any atom is 0.134 e. The molecule has 1 aromatic heterocycles. The van der Waals surface area contributed by atoms with Gasteiger partial charge in [0.15, 0.2) is 0 Å². The topological polar surface area (TPSA) is 24.9 Å². The Morgan fingerprint density at radius 3 is 2.21 bits per heavy atom. The monoisotopic (exact) mass is 476 g/mol. The zero-order valence-corrected chi connectivity index (χ0v) is 22.4. The molecule has 0 bridgehead atoms. The van der Waals surface area contributed by atoms with E-state index in [4.69, 9.17) is 16.6 Å². The lowest BCUT2D eigenvalue weighted by molar-refractivity contribution is 0.684. The summed E-state index contributed by atoms with van der Waals surface area (Å²) in [7, 11) is 0. The van der Waals surface area contributed by atoms with Crippen LogP contribution in [0.25, 0.3) is 17.0 Å². The molecule has 0 radical (unpaired) electrons. The molecule has 0 saturated carbocycles. The van der Waals surface area contributed by atoms with Gasteiger partial charge >= 0.3 is 0 Å². The summed E-state index contributed by atoms with van der Waals surface area (Å²) in [6.45, 7) is 15.0. The molecule has 182 valence electrons. The summed E-state index contributed by atoms with van der Waals surface area (Å²) in [5.41, 5.74) is 7.76. The first-order chi connectivity index (χ1) is 16.5. The first kappa shape index (κ1) is 27.7. The van der Waals surface area contributed by atoms with Crippen molar-refractivity contribution >= 4 is 23.1 Å². The number of aromatic nitrogens is 1. The number of pyridine rings is 1. The second-order valence-electron chi connectivity index (χ2n) is 8.81. The smallest absolute Gasteiger partial charge is 0.134 e. The Morgan fingerprint density at radius 1 is 0.941 bits per heavy atom. The molecule has 3 aromatic rings. The number of hydrogen-bond acceptors (Lipinski definition) is 2. The maximum absolute atomic E-state index is 6.44. The van der Waals surface area contributed by atoms with Crippen LogP contribution in [0.3, 0.4) is 0 Å². The highest BCUT2D eigenvalue weighted by atomic mass is 35.5. The van der Waals surface area contributed by atoms with Crippen molar-refractivity contribution in [2.45, 2.75) is 79.6 Å². The summed E-state index contributed by atoms with van der Waals surface area (Å²) in [5.74, 6) is 0.912. The summed E-state index contributed by atoms with van der Waals surface area (Å²) in [6, 6.07) is 18.4. The van der Waals surface area contributed by atoms with E-state index in [9.17, 15) is 0 Å². The van der Waals surface area contributed by atoms with E-state index in [1.165, 1.54) is 48.8 Å². The number of halogens is 1. The number of nitrogens with one attached hydrogen (secondary N) is 1. The van der Waals surface area contributed by atoms with Gasteiger partial charge in [0.25, 0.3) is 0 Å². The first-order valence-electron chi connectivity index (χ1n) is 12.8. The zero-order chi connectivity index (χ0) is 24.9. The number of fused-ring (bicyclic) bond motifs is 1. The van der Waals surface area contributed by atoms with Crippen molar-refractivity contribution in [2.24, 2.45) is 0 Å². The van der Waals surface area contributed by atoms with Gasteiger partial charge in [0.1, 0.15) is 5.82 Å². The molecule has 0 spiro atoms. The molecular formula is C31H41ClN2. The Kier molecular flexibility index (Phi) is 11.9. The molecule has 4 rings (SSSR count). The fourth-order valence-electron chi connectivity index (χ4n) is 3.78. The fourth-order valence-corrected chi connectivity index (χ4v) is 4.01. The SMILES string of the molecule is C=C(Nc1nc(-c2ccccc2Cl)cc2c1CCCC2)c1ccccc1C.CCC.CCCC. The Bertz CT molecular complexity index is 1050. The number of aryl methyl sites for hydroxylation is 2. The Morgan fingerprint density at radius 2 is 1.56 bits per heavy atom. The average Bonchev–Trinajstić information content (AvgIpc) is 2.85. The van der Waals surface area contributed by atoms with Crippen LogP contribution in [0.2, 0.25) is 5.02 Å². The van der Waals surface area contributed by atoms with Gasteiger partial charge in [0, 0.05) is 21.8 Å². The van der Waals surface area contributed by atoms with Gasteiger partial charge in [-0.25, -0.2) is 4.98 Å². The van der Waals surface area contributed by atoms with Crippen LogP contribution in [0.15, 0.2) is 61.2 Å². The summed E-state index contributed by atoms with van der Waals surface area (Å²) >= 11 is 6.44. The van der Waals surface area contributed by atoms with Gasteiger partial charge in [-0.05, 0) is 61.4 Å². The van der Waals surface area contributed by atoms with E-state index in [0.717, 1.165) is 46.2 Å². The lowest BCUT2D eigenvalue weighted by Crippen LogP contribution is -2.11. The van der Waals surface area contributed by atoms with Crippen LogP contribution in [-0.2, 0) is 12.8 Å². The predicted octanol–water partition coefficient (Wildman–Crippen LogP) is 9.89. The van der Waals surface area contributed by atoms with E-state index in [1.807, 2.05) is 36.4 Å². The molecule has 0 unspecified atom stereocenters. The minimum atomic E-state index is 0.726. The van der Waals surface area contributed by atoms with Crippen LogP contribution in [0, 0.1) is 6.92 Å². The molecule has 1 N–H and O–H groups in total. The Hall–Kier alpha value is -2.58. The highest BCUT2D eigenvalue weighted by Crippen LogP contribution is 2.34. The van der Waals surface area contributed by atoms with Crippen LogP contribution in [0.1, 0.15) is 82.1 Å². The molecule has 0 saturated heterocycles. The van der Waals surface area contributed by atoms with Gasteiger partial charge < -0.3 is 5.32 Å². The maximum atomic E-state index is 6.44. The molecule has 1 aliphatic rings. The largest absolute Gasteiger partial charge is 0.340 e. The van der Waals surface area contributed by atoms with Crippen molar-refractivity contribution in [1.82, 2.24) is 4.98 Å². The second-order valence-corrected chi connectivity index (χ2v) is 9.21. The number of rotatable bonds is 5. The van der Waals surface area contributed by atoms with Crippen molar-refractivity contribution in [3.05, 3.63) is 88.5 Å². The summed E-state index contributed by atoms with van der Waals surface area (Å²) < 4.78 is 0. The van der Waals surface area contributed by atoms with Crippen molar-refractivity contribution in [1.29, 1.82) is 0 Å². The van der Waals surface area contributed by atoms with Crippen LogP contribution in [-0.4, -0.2) is 4.98 Å². The highest BCUT2D eigenvalue weighted by Gasteiger charge is 2.18. The molecule has 0 fully saturated rings. The van der Waals surface area contributed by atoms with Crippen LogP contribution < -0.4 is 5.32 Å². The third-order valence-electron chi connectivity index (χ3n) is 5.73. The summed E-state index contributed by atoms with van der Waals surface area (Å²) in [5, 5.41) is 4.23. The van der Waals surface area contributed by atoms with Crippen LogP contribution in [0.5, 0.6) is 0 Å². The average molecular weight is 477 g/mol. The first-order valence-corrected chi connectivity index (χ1v) is 13.1. The standard InChI is InChI=1S/C24H23ClN2.C4H10.C3H8/c1-16-9-3-5-11-19(16)17(2)26-24-20-12-6-4-10-18(20)15-23(27-24)21-13-7-8-14-22(21)25;1-3-4-2;1-3-2/h3,5,7-9,11,13-15H,2,4,6,10,12H2,1H3,(H,26,27);3-4H2,1-2H3;3H2,1-2H3. The van der Waals surface area contributed by atoms with E-state index in [1.54, 1.807) is 0 Å². The second kappa shape index (κ2) is 14.6. The fraction of sp³-hybridized carbons (Fsp3) is 0.387. The lowest BCUT2D eigenvalue weighted by Gasteiger charge is -2.22. The van der Waals surface area contributed by atoms with E-state index in [-0.39, 0.29) is 0 Å². The number of anilines is 1. The minimum Gasteiger partial charge on any atom is -0.340 e.